The lowest BCUT2D eigenvalue weighted by molar-refractivity contribution is 0.403. The summed E-state index contributed by atoms with van der Waals surface area (Å²) in [5.74, 6) is -1.47. The zero-order valence-electron chi connectivity index (χ0n) is 60.3. The number of methoxy groups -OCH3 is 3. The van der Waals surface area contributed by atoms with Crippen LogP contribution in [-0.4, -0.2) is 61.5 Å². The zero-order chi connectivity index (χ0) is 76.4. The minimum atomic E-state index is -4.15. The highest BCUT2D eigenvalue weighted by molar-refractivity contribution is 7.93. The first kappa shape index (κ1) is 78.3. The van der Waals surface area contributed by atoms with Gasteiger partial charge in [0.15, 0.2) is 15.4 Å². The fraction of sp³-hybridized carbons (Fsp3) is 0.203. The number of nitrogens with zero attached hydrogens (tertiary/aromatic N) is 3. The van der Waals surface area contributed by atoms with Crippen LogP contribution in [0, 0.1) is 59.0 Å². The van der Waals surface area contributed by atoms with Crippen molar-refractivity contribution < 1.29 is 52.6 Å². The van der Waals surface area contributed by atoms with Crippen molar-refractivity contribution in [3.05, 3.63) is 268 Å². The summed E-state index contributed by atoms with van der Waals surface area (Å²) in [4.78, 5) is 16.2. The van der Waals surface area contributed by atoms with Crippen LogP contribution in [0.2, 0.25) is 0 Å². The molecule has 0 bridgehead atoms. The second kappa shape index (κ2) is 33.4. The van der Waals surface area contributed by atoms with Gasteiger partial charge in [-0.25, -0.2) is 53.4 Å². The van der Waals surface area contributed by atoms with E-state index in [-0.39, 0.29) is 66.6 Å². The van der Waals surface area contributed by atoms with Gasteiger partial charge in [0.1, 0.15) is 49.4 Å². The maximum Gasteiger partial charge on any atom is 0.265 e. The van der Waals surface area contributed by atoms with Gasteiger partial charge in [-0.05, 0) is 192 Å². The fourth-order valence-electron chi connectivity index (χ4n) is 11.3. The van der Waals surface area contributed by atoms with E-state index in [1.165, 1.54) is 110 Å². The minimum Gasteiger partial charge on any atom is -0.495 e. The van der Waals surface area contributed by atoms with Gasteiger partial charge in [0.25, 0.3) is 30.1 Å². The number of para-hydroxylation sites is 3. The molecule has 9 aromatic carbocycles. The van der Waals surface area contributed by atoms with Gasteiger partial charge in [0.2, 0.25) is 0 Å². The van der Waals surface area contributed by atoms with Crippen molar-refractivity contribution in [2.75, 3.05) is 51.4 Å². The molecule has 0 amide bonds. The molecule has 0 fully saturated rings. The van der Waals surface area contributed by atoms with Gasteiger partial charge in [-0.15, -0.1) is 0 Å². The summed E-state index contributed by atoms with van der Waals surface area (Å²) in [6.07, 6.45) is 0. The number of anilines is 6. The Kier molecular flexibility index (Phi) is 24.7. The molecule has 0 saturated carbocycles. The topological polar surface area (TPSA) is 241 Å². The molecule has 6 N–H and O–H groups in total. The third kappa shape index (κ3) is 18.5. The number of thiazole rings is 3. The molecular weight excluding hydrogens is 1470 g/mol. The summed E-state index contributed by atoms with van der Waals surface area (Å²) in [7, 11) is -8.24. The van der Waals surface area contributed by atoms with Gasteiger partial charge >= 0.3 is 0 Å². The van der Waals surface area contributed by atoms with Crippen LogP contribution < -0.4 is 44.3 Å². The average Bonchev–Trinajstić information content (AvgIpc) is 1.24. The van der Waals surface area contributed by atoms with E-state index in [1.807, 2.05) is 99.6 Å². The maximum atomic E-state index is 14.4. The highest BCUT2D eigenvalue weighted by Gasteiger charge is 2.29. The lowest BCUT2D eigenvalue weighted by atomic mass is 9.95. The van der Waals surface area contributed by atoms with E-state index >= 15 is 0 Å². The van der Waals surface area contributed by atoms with E-state index in [1.54, 1.807) is 75.4 Å². The Labute approximate surface area is 629 Å². The number of rotatable bonds is 24. The van der Waals surface area contributed by atoms with E-state index in [0.717, 1.165) is 63.8 Å². The number of sulfonamides is 3. The van der Waals surface area contributed by atoms with Gasteiger partial charge in [-0.1, -0.05) is 161 Å². The van der Waals surface area contributed by atoms with E-state index in [4.69, 9.17) is 14.2 Å². The van der Waals surface area contributed by atoms with Crippen molar-refractivity contribution >= 4 is 96.5 Å². The molecule has 0 spiro atoms. The second-order valence-corrected chi connectivity index (χ2v) is 33.1. The van der Waals surface area contributed by atoms with Gasteiger partial charge in [-0.3, -0.25) is 14.2 Å². The Morgan fingerprint density at radius 3 is 0.981 bits per heavy atom. The van der Waals surface area contributed by atoms with E-state index in [2.05, 4.69) is 84.9 Å². The highest BCUT2D eigenvalue weighted by atomic mass is 32.2. The number of benzene rings is 9. The van der Waals surface area contributed by atoms with Gasteiger partial charge in [0, 0.05) is 0 Å². The Hall–Kier alpha value is -10.3. The average molecular weight is 1550 g/mol. The molecule has 0 unspecified atom stereocenters. The molecule has 0 aliphatic heterocycles. The summed E-state index contributed by atoms with van der Waals surface area (Å²) < 4.78 is 146. The SMILES string of the molecule is COc1ccc(-c2sc(NC(C)(C)c3ccccc3)nc2C)cc1S(=O)(=O)Nc1c(C)cccc1F.COc1ccc(-c2sc(N[C@@H](C)c3ccccc3)nc2C)cc1S(=O)(=O)Nc1c(C)cccc1F.COc1ccc(-c2sc(N[C@H](C)c3ccccc3)nc2C)cc1S(=O)(=O)Nc1c(C)cccc1F. The molecule has 3 heterocycles. The van der Waals surface area contributed by atoms with Crippen molar-refractivity contribution in [2.24, 2.45) is 0 Å². The van der Waals surface area contributed by atoms with E-state index in [9.17, 15) is 38.4 Å². The Bertz CT molecular complexity index is 5190. The van der Waals surface area contributed by atoms with Crippen molar-refractivity contribution in [3.63, 3.8) is 0 Å². The highest BCUT2D eigenvalue weighted by Crippen LogP contribution is 2.43. The summed E-state index contributed by atoms with van der Waals surface area (Å²) in [5.41, 5.74) is 8.50. The molecule has 12 rings (SSSR count). The minimum absolute atomic E-state index is 0.0506. The second-order valence-electron chi connectivity index (χ2n) is 25.2. The number of ether oxygens (including phenoxy) is 3. The lowest BCUT2D eigenvalue weighted by Gasteiger charge is -2.26. The van der Waals surface area contributed by atoms with E-state index < -0.39 is 47.5 Å². The molecule has 0 saturated heterocycles. The summed E-state index contributed by atoms with van der Waals surface area (Å²) in [6, 6.07) is 58.1. The van der Waals surface area contributed by atoms with Crippen LogP contribution in [-0.2, 0) is 35.6 Å². The van der Waals surface area contributed by atoms with Gasteiger partial charge in [-0.2, -0.15) is 0 Å². The number of halogens is 3. The Morgan fingerprint density at radius 1 is 0.387 bits per heavy atom. The Morgan fingerprint density at radius 2 is 0.679 bits per heavy atom. The number of hydrogen-bond acceptors (Lipinski definition) is 18. The molecule has 27 heteroatoms. The molecule has 0 aliphatic rings. The molecular formula is C79H80F3N9O9S6. The van der Waals surface area contributed by atoms with Crippen molar-refractivity contribution in [1.82, 2.24) is 15.0 Å². The quantitative estimate of drug-likeness (QED) is 0.0330. The van der Waals surface area contributed by atoms with Crippen LogP contribution in [0.1, 0.15) is 90.2 Å². The number of nitrogens with one attached hydrogen (secondary N) is 6. The monoisotopic (exact) mass is 1550 g/mol. The predicted molar refractivity (Wildman–Crippen MR) is 422 cm³/mol. The van der Waals surface area contributed by atoms with Crippen molar-refractivity contribution in [2.45, 2.75) is 102 Å². The molecule has 18 nitrogen and oxygen atoms in total. The summed E-state index contributed by atoms with van der Waals surface area (Å²) in [6.45, 7) is 18.8. The molecule has 552 valence electrons. The molecule has 106 heavy (non-hydrogen) atoms. The van der Waals surface area contributed by atoms with Crippen LogP contribution in [0.5, 0.6) is 17.2 Å². The zero-order valence-corrected chi connectivity index (χ0v) is 65.2. The third-order valence-corrected chi connectivity index (χ3v) is 24.6. The largest absolute Gasteiger partial charge is 0.495 e. The molecule has 3 aromatic heterocycles. The Balaban J connectivity index is 0.000000170. The maximum absolute atomic E-state index is 14.4. The van der Waals surface area contributed by atoms with Crippen molar-refractivity contribution in [1.29, 1.82) is 0 Å². The molecule has 0 radical (unpaired) electrons. The third-order valence-electron chi connectivity index (χ3n) is 17.1. The first-order valence-corrected chi connectivity index (χ1v) is 40.1. The summed E-state index contributed by atoms with van der Waals surface area (Å²) >= 11 is 4.32. The predicted octanol–water partition coefficient (Wildman–Crippen LogP) is 19.8. The van der Waals surface area contributed by atoms with Crippen LogP contribution in [0.15, 0.2) is 215 Å². The van der Waals surface area contributed by atoms with Crippen LogP contribution in [0.4, 0.5) is 45.6 Å². The van der Waals surface area contributed by atoms with Crippen LogP contribution >= 0.6 is 34.0 Å². The molecule has 2 atom stereocenters. The summed E-state index contributed by atoms with van der Waals surface area (Å²) in [5, 5.41) is 12.5. The molecule has 12 aromatic rings. The number of aryl methyl sites for hydroxylation is 6. The number of aromatic nitrogens is 3. The fourth-order valence-corrected chi connectivity index (χ4v) is 18.5. The van der Waals surface area contributed by atoms with Crippen LogP contribution in [0.3, 0.4) is 0 Å². The smallest absolute Gasteiger partial charge is 0.265 e. The lowest BCUT2D eigenvalue weighted by Crippen LogP contribution is -2.27. The van der Waals surface area contributed by atoms with Crippen molar-refractivity contribution in [3.8, 4) is 48.6 Å². The van der Waals surface area contributed by atoms with Crippen LogP contribution in [0.25, 0.3) is 31.3 Å². The first-order valence-electron chi connectivity index (χ1n) is 33.2. The number of hydrogen-bond donors (Lipinski definition) is 6. The first-order chi connectivity index (χ1) is 50.4. The normalized spacial score (nSPS) is 12.1. The van der Waals surface area contributed by atoms with Gasteiger partial charge < -0.3 is 30.2 Å². The molecule has 0 aliphatic carbocycles. The standard InChI is InChI=1S/C27H28FN3O3S2.2C26H26FN3O3S2/c1-17-10-9-13-21(28)24(17)31-36(32,33)23-16-19(14-15-22(23)34-5)25-18(2)29-26(35-25)30-27(3,4)20-11-7-6-8-12-20;2*1-16-9-8-12-21(27)24(16)30-35(31,32)23-15-20(13-14-22(23)33-4)25-18(3)29-26(34-25)28-17(2)19-10-6-5-7-11-19/h6-16,31H,1-5H3,(H,29,30);2*5-15,17,30H,1-4H3,(H,28,29)/t;2*17-/m.10/s1. The van der Waals surface area contributed by atoms with Gasteiger partial charge in [0.05, 0.1) is 87.7 Å². The van der Waals surface area contributed by atoms with E-state index in [0.29, 0.717) is 33.4 Å².